The fraction of sp³-hybridized carbons (Fsp3) is 0. The summed E-state index contributed by atoms with van der Waals surface area (Å²) in [7, 11) is 0. The second-order valence-corrected chi connectivity index (χ2v) is 3.90. The van der Waals surface area contributed by atoms with E-state index in [1.807, 2.05) is 12.1 Å². The maximum atomic E-state index is 10.7. The van der Waals surface area contributed by atoms with Crippen molar-refractivity contribution in [3.05, 3.63) is 59.9 Å². The first-order valence-electron chi connectivity index (χ1n) is 5.79. The summed E-state index contributed by atoms with van der Waals surface area (Å²) in [5, 5.41) is 8.77. The Morgan fingerprint density at radius 3 is 2.85 bits per heavy atom. The van der Waals surface area contributed by atoms with Crippen molar-refractivity contribution in [1.29, 1.82) is 5.26 Å². The number of nitriles is 1. The van der Waals surface area contributed by atoms with Crippen molar-refractivity contribution in [2.75, 3.05) is 0 Å². The molecule has 1 aromatic carbocycles. The monoisotopic (exact) mass is 265 g/mol. The molecule has 0 unspecified atom stereocenters. The fourth-order valence-electron chi connectivity index (χ4n) is 1.53. The third-order valence-corrected chi connectivity index (χ3v) is 2.38. The van der Waals surface area contributed by atoms with Gasteiger partial charge in [0.15, 0.2) is 0 Å². The zero-order chi connectivity index (χ0) is 14.4. The van der Waals surface area contributed by atoms with Crippen LogP contribution in [-0.2, 0) is 4.79 Å². The highest BCUT2D eigenvalue weighted by molar-refractivity contribution is 5.90. The first kappa shape index (κ1) is 13.3. The molecule has 1 heterocycles. The van der Waals surface area contributed by atoms with Crippen LogP contribution in [-0.4, -0.2) is 10.9 Å². The first-order chi connectivity index (χ1) is 9.67. The van der Waals surface area contributed by atoms with Gasteiger partial charge in [-0.25, -0.2) is 4.98 Å². The van der Waals surface area contributed by atoms with Gasteiger partial charge in [0, 0.05) is 18.3 Å². The van der Waals surface area contributed by atoms with Gasteiger partial charge in [0.2, 0.25) is 5.91 Å². The van der Waals surface area contributed by atoms with E-state index in [2.05, 4.69) is 4.98 Å². The number of ether oxygens (including phenoxy) is 1. The number of hydrogen-bond donors (Lipinski definition) is 1. The zero-order valence-electron chi connectivity index (χ0n) is 10.5. The molecule has 2 rings (SSSR count). The Hall–Kier alpha value is -3.13. The molecule has 5 nitrogen and oxygen atoms in total. The van der Waals surface area contributed by atoms with Gasteiger partial charge >= 0.3 is 0 Å². The van der Waals surface area contributed by atoms with Gasteiger partial charge in [0.1, 0.15) is 23.3 Å². The normalized spacial score (nSPS) is 10.2. The van der Waals surface area contributed by atoms with Crippen LogP contribution < -0.4 is 10.5 Å². The molecule has 0 saturated carbocycles. The SMILES string of the molecule is N#Cc1cc(Oc2cccc(C=CC(N)=O)c2)ccn1. The van der Waals surface area contributed by atoms with E-state index in [1.54, 1.807) is 36.4 Å². The third-order valence-electron chi connectivity index (χ3n) is 2.38. The van der Waals surface area contributed by atoms with E-state index in [-0.39, 0.29) is 5.69 Å². The summed E-state index contributed by atoms with van der Waals surface area (Å²) < 4.78 is 5.63. The van der Waals surface area contributed by atoms with Gasteiger partial charge < -0.3 is 10.5 Å². The maximum absolute atomic E-state index is 10.7. The average molecular weight is 265 g/mol. The molecule has 98 valence electrons. The van der Waals surface area contributed by atoms with Gasteiger partial charge in [-0.1, -0.05) is 12.1 Å². The largest absolute Gasteiger partial charge is 0.457 e. The highest BCUT2D eigenvalue weighted by Crippen LogP contribution is 2.22. The van der Waals surface area contributed by atoms with Gasteiger partial charge in [-0.15, -0.1) is 0 Å². The summed E-state index contributed by atoms with van der Waals surface area (Å²) in [6.45, 7) is 0. The summed E-state index contributed by atoms with van der Waals surface area (Å²) in [6, 6.07) is 12.3. The number of carbonyl (C=O) groups excluding carboxylic acids is 1. The minimum absolute atomic E-state index is 0.285. The predicted octanol–water partition coefficient (Wildman–Crippen LogP) is 2.24. The number of hydrogen-bond acceptors (Lipinski definition) is 4. The molecule has 0 saturated heterocycles. The Morgan fingerprint density at radius 2 is 2.10 bits per heavy atom. The molecule has 2 N–H and O–H groups in total. The quantitative estimate of drug-likeness (QED) is 0.858. The fourth-order valence-corrected chi connectivity index (χ4v) is 1.53. The highest BCUT2D eigenvalue weighted by Gasteiger charge is 2.00. The summed E-state index contributed by atoms with van der Waals surface area (Å²) in [5.41, 5.74) is 6.11. The lowest BCUT2D eigenvalue weighted by atomic mass is 10.2. The van der Waals surface area contributed by atoms with Crippen LogP contribution in [0.4, 0.5) is 0 Å². The molecular weight excluding hydrogens is 254 g/mol. The van der Waals surface area contributed by atoms with Crippen LogP contribution in [0.2, 0.25) is 0 Å². The number of primary amides is 1. The number of amides is 1. The summed E-state index contributed by atoms with van der Waals surface area (Å²) in [6.07, 6.45) is 4.38. The van der Waals surface area contributed by atoms with Crippen molar-refractivity contribution < 1.29 is 9.53 Å². The summed E-state index contributed by atoms with van der Waals surface area (Å²) in [5.74, 6) is 0.600. The van der Waals surface area contributed by atoms with Crippen LogP contribution in [0.5, 0.6) is 11.5 Å². The van der Waals surface area contributed by atoms with Crippen LogP contribution >= 0.6 is 0 Å². The molecule has 0 aliphatic heterocycles. The van der Waals surface area contributed by atoms with Gasteiger partial charge in [-0.05, 0) is 29.8 Å². The van der Waals surface area contributed by atoms with Gasteiger partial charge in [-0.2, -0.15) is 5.26 Å². The van der Waals surface area contributed by atoms with E-state index in [0.29, 0.717) is 11.5 Å². The van der Waals surface area contributed by atoms with Crippen LogP contribution in [0.15, 0.2) is 48.7 Å². The third kappa shape index (κ3) is 3.68. The second-order valence-electron chi connectivity index (χ2n) is 3.90. The topological polar surface area (TPSA) is 89.0 Å². The lowest BCUT2D eigenvalue weighted by Crippen LogP contribution is -2.05. The zero-order valence-corrected chi connectivity index (χ0v) is 10.5. The highest BCUT2D eigenvalue weighted by atomic mass is 16.5. The Bertz CT molecular complexity index is 702. The van der Waals surface area contributed by atoms with E-state index in [4.69, 9.17) is 15.7 Å². The molecular formula is C15H11N3O2. The molecule has 0 spiro atoms. The van der Waals surface area contributed by atoms with Crippen LogP contribution in [0, 0.1) is 11.3 Å². The molecule has 2 aromatic rings. The van der Waals surface area contributed by atoms with Crippen molar-refractivity contribution in [3.63, 3.8) is 0 Å². The van der Waals surface area contributed by atoms with Gasteiger partial charge in [-0.3, -0.25) is 4.79 Å². The first-order valence-corrected chi connectivity index (χ1v) is 5.79. The van der Waals surface area contributed by atoms with E-state index < -0.39 is 5.91 Å². The number of nitrogens with two attached hydrogens (primary N) is 1. The second kappa shape index (κ2) is 6.16. The van der Waals surface area contributed by atoms with Crippen LogP contribution in [0.25, 0.3) is 6.08 Å². The van der Waals surface area contributed by atoms with Crippen molar-refractivity contribution in [2.45, 2.75) is 0 Å². The van der Waals surface area contributed by atoms with Crippen LogP contribution in [0.1, 0.15) is 11.3 Å². The van der Waals surface area contributed by atoms with Gasteiger partial charge in [0.05, 0.1) is 0 Å². The van der Waals surface area contributed by atoms with Crippen molar-refractivity contribution >= 4 is 12.0 Å². The number of benzene rings is 1. The maximum Gasteiger partial charge on any atom is 0.241 e. The molecule has 0 radical (unpaired) electrons. The molecule has 0 aliphatic carbocycles. The van der Waals surface area contributed by atoms with E-state index in [9.17, 15) is 4.79 Å². The number of nitrogens with zero attached hydrogens (tertiary/aromatic N) is 2. The minimum Gasteiger partial charge on any atom is -0.457 e. The Kier molecular flexibility index (Phi) is 4.10. The smallest absolute Gasteiger partial charge is 0.241 e. The summed E-state index contributed by atoms with van der Waals surface area (Å²) >= 11 is 0. The van der Waals surface area contributed by atoms with E-state index >= 15 is 0 Å². The van der Waals surface area contributed by atoms with Crippen molar-refractivity contribution in [1.82, 2.24) is 4.98 Å². The summed E-state index contributed by atoms with van der Waals surface area (Å²) in [4.78, 5) is 14.5. The molecule has 0 aliphatic rings. The Morgan fingerprint density at radius 1 is 1.30 bits per heavy atom. The predicted molar refractivity (Wildman–Crippen MR) is 73.7 cm³/mol. The van der Waals surface area contributed by atoms with Crippen molar-refractivity contribution in [2.24, 2.45) is 5.73 Å². The van der Waals surface area contributed by atoms with E-state index in [1.165, 1.54) is 12.3 Å². The number of carbonyl (C=O) groups is 1. The van der Waals surface area contributed by atoms with E-state index in [0.717, 1.165) is 5.56 Å². The Labute approximate surface area is 115 Å². The van der Waals surface area contributed by atoms with Crippen molar-refractivity contribution in [3.8, 4) is 17.6 Å². The average Bonchev–Trinajstić information content (AvgIpc) is 2.46. The molecule has 0 bridgehead atoms. The standard InChI is InChI=1S/C15H11N3O2/c16-10-12-9-14(6-7-18-12)20-13-3-1-2-11(8-13)4-5-15(17)19/h1-9H,(H2,17,19). The number of aromatic nitrogens is 1. The molecule has 0 atom stereocenters. The molecule has 5 heteroatoms. The Balaban J connectivity index is 2.19. The molecule has 20 heavy (non-hydrogen) atoms. The molecule has 1 amide bonds. The van der Waals surface area contributed by atoms with Crippen LogP contribution in [0.3, 0.4) is 0 Å². The number of rotatable bonds is 4. The molecule has 0 fully saturated rings. The lowest BCUT2D eigenvalue weighted by Gasteiger charge is -2.06. The van der Waals surface area contributed by atoms with Gasteiger partial charge in [0.25, 0.3) is 0 Å². The minimum atomic E-state index is -0.510. The number of pyridine rings is 1. The molecule has 1 aromatic heterocycles. The lowest BCUT2D eigenvalue weighted by molar-refractivity contribution is -0.113.